The second kappa shape index (κ2) is 8.72. The normalized spacial score (nSPS) is 19.0. The average Bonchev–Trinajstić information content (AvgIpc) is 3.24. The van der Waals surface area contributed by atoms with Crippen molar-refractivity contribution in [1.29, 1.82) is 0 Å². The van der Waals surface area contributed by atoms with Crippen LogP contribution in [0.1, 0.15) is 47.3 Å². The second-order valence-electron chi connectivity index (χ2n) is 8.11. The van der Waals surface area contributed by atoms with Gasteiger partial charge in [0.15, 0.2) is 5.69 Å². The summed E-state index contributed by atoms with van der Waals surface area (Å²) in [4.78, 5) is 16.2. The minimum absolute atomic E-state index is 0.0609. The third kappa shape index (κ3) is 4.66. The Morgan fingerprint density at radius 1 is 1.06 bits per heavy atom. The molecule has 1 saturated carbocycles. The number of methoxy groups -OCH3 is 1. The standard InChI is InChI=1S/C23H25F3N4O2/c1-14-3-12-20(30-13-19(23(24,25)26)29-21(14)30)27-16-6-8-17(9-7-16)28-22(31)15-4-10-18(32-2)11-5-15/h3-5,10-13,16-17,27H,6-9H2,1-2H3,(H,28,31). The van der Waals surface area contributed by atoms with Crippen molar-refractivity contribution >= 4 is 17.4 Å². The smallest absolute Gasteiger partial charge is 0.434 e. The Labute approximate surface area is 183 Å². The summed E-state index contributed by atoms with van der Waals surface area (Å²) in [6.45, 7) is 1.74. The number of hydrogen-bond acceptors (Lipinski definition) is 4. The molecule has 0 atom stereocenters. The molecule has 4 rings (SSSR count). The predicted molar refractivity (Wildman–Crippen MR) is 115 cm³/mol. The summed E-state index contributed by atoms with van der Waals surface area (Å²) in [5.41, 5.74) is 0.646. The lowest BCUT2D eigenvalue weighted by Crippen LogP contribution is -2.40. The number of benzene rings is 1. The van der Waals surface area contributed by atoms with Crippen molar-refractivity contribution in [2.24, 2.45) is 0 Å². The van der Waals surface area contributed by atoms with E-state index in [-0.39, 0.29) is 18.0 Å². The van der Waals surface area contributed by atoms with Crippen LogP contribution in [0.5, 0.6) is 5.75 Å². The summed E-state index contributed by atoms with van der Waals surface area (Å²) >= 11 is 0. The Balaban J connectivity index is 1.38. The lowest BCUT2D eigenvalue weighted by atomic mass is 9.91. The van der Waals surface area contributed by atoms with Gasteiger partial charge in [-0.1, -0.05) is 6.07 Å². The van der Waals surface area contributed by atoms with Gasteiger partial charge in [-0.15, -0.1) is 0 Å². The number of nitrogens with zero attached hydrogens (tertiary/aromatic N) is 2. The minimum atomic E-state index is -4.49. The first-order valence-electron chi connectivity index (χ1n) is 10.5. The Bertz CT molecular complexity index is 1100. The number of carbonyl (C=O) groups is 1. The fourth-order valence-corrected chi connectivity index (χ4v) is 4.06. The lowest BCUT2D eigenvalue weighted by Gasteiger charge is -2.30. The molecule has 3 aromatic rings. The number of hydrogen-bond donors (Lipinski definition) is 2. The van der Waals surface area contributed by atoms with Gasteiger partial charge in [0.05, 0.1) is 7.11 Å². The number of alkyl halides is 3. The van der Waals surface area contributed by atoms with Crippen LogP contribution in [0, 0.1) is 6.92 Å². The maximum absolute atomic E-state index is 13.1. The van der Waals surface area contributed by atoms with Gasteiger partial charge in [-0.25, -0.2) is 4.98 Å². The van der Waals surface area contributed by atoms with Crippen LogP contribution in [-0.2, 0) is 6.18 Å². The molecular weight excluding hydrogens is 421 g/mol. The number of amides is 1. The number of fused-ring (bicyclic) bond motifs is 1. The second-order valence-corrected chi connectivity index (χ2v) is 8.11. The van der Waals surface area contributed by atoms with Gasteiger partial charge in [-0.2, -0.15) is 13.2 Å². The number of ether oxygens (including phenoxy) is 1. The van der Waals surface area contributed by atoms with E-state index in [0.29, 0.717) is 28.3 Å². The number of carbonyl (C=O) groups excluding carboxylic acids is 1. The van der Waals surface area contributed by atoms with Crippen molar-refractivity contribution in [3.63, 3.8) is 0 Å². The molecule has 6 nitrogen and oxygen atoms in total. The molecule has 1 aromatic carbocycles. The van der Waals surface area contributed by atoms with Gasteiger partial charge in [0.1, 0.15) is 17.2 Å². The number of aryl methyl sites for hydroxylation is 1. The van der Waals surface area contributed by atoms with E-state index in [2.05, 4.69) is 15.6 Å². The van der Waals surface area contributed by atoms with E-state index < -0.39 is 11.9 Å². The first kappa shape index (κ1) is 22.0. The number of nitrogens with one attached hydrogen (secondary N) is 2. The molecule has 1 aliphatic rings. The molecule has 0 spiro atoms. The maximum Gasteiger partial charge on any atom is 0.434 e. The van der Waals surface area contributed by atoms with Gasteiger partial charge >= 0.3 is 6.18 Å². The monoisotopic (exact) mass is 446 g/mol. The first-order chi connectivity index (χ1) is 15.2. The highest BCUT2D eigenvalue weighted by Gasteiger charge is 2.34. The molecule has 0 bridgehead atoms. The van der Waals surface area contributed by atoms with E-state index in [1.54, 1.807) is 50.4 Å². The number of imidazole rings is 1. The SMILES string of the molecule is COc1ccc(C(=O)NC2CCC(Nc3ccc(C)c4nc(C(F)(F)F)cn34)CC2)cc1. The number of pyridine rings is 1. The summed E-state index contributed by atoms with van der Waals surface area (Å²) in [6.07, 6.45) is -0.298. The van der Waals surface area contributed by atoms with Crippen LogP contribution in [-0.4, -0.2) is 34.5 Å². The van der Waals surface area contributed by atoms with E-state index >= 15 is 0 Å². The summed E-state index contributed by atoms with van der Waals surface area (Å²) < 4.78 is 45.9. The average molecular weight is 446 g/mol. The van der Waals surface area contributed by atoms with Crippen LogP contribution in [0.25, 0.3) is 5.65 Å². The van der Waals surface area contributed by atoms with Crippen molar-refractivity contribution in [1.82, 2.24) is 14.7 Å². The molecule has 170 valence electrons. The fraction of sp³-hybridized carbons (Fsp3) is 0.391. The Hall–Kier alpha value is -3.23. The third-order valence-corrected chi connectivity index (χ3v) is 5.87. The molecule has 0 unspecified atom stereocenters. The summed E-state index contributed by atoms with van der Waals surface area (Å²) in [5, 5.41) is 6.43. The van der Waals surface area contributed by atoms with E-state index in [4.69, 9.17) is 4.74 Å². The maximum atomic E-state index is 13.1. The molecule has 32 heavy (non-hydrogen) atoms. The Kier molecular flexibility index (Phi) is 5.99. The van der Waals surface area contributed by atoms with E-state index in [1.165, 1.54) is 4.40 Å². The zero-order chi connectivity index (χ0) is 22.9. The van der Waals surface area contributed by atoms with Crippen LogP contribution in [0.2, 0.25) is 0 Å². The van der Waals surface area contributed by atoms with Crippen LogP contribution in [0.4, 0.5) is 19.0 Å². The van der Waals surface area contributed by atoms with Crippen LogP contribution < -0.4 is 15.4 Å². The molecule has 2 heterocycles. The number of aromatic nitrogens is 2. The molecule has 2 N–H and O–H groups in total. The van der Waals surface area contributed by atoms with E-state index in [1.807, 2.05) is 0 Å². The molecule has 9 heteroatoms. The highest BCUT2D eigenvalue weighted by molar-refractivity contribution is 5.94. The van der Waals surface area contributed by atoms with Crippen LogP contribution in [0.15, 0.2) is 42.6 Å². The first-order valence-corrected chi connectivity index (χ1v) is 10.5. The van der Waals surface area contributed by atoms with Gasteiger partial charge in [0.25, 0.3) is 5.91 Å². The summed E-state index contributed by atoms with van der Waals surface area (Å²) in [7, 11) is 1.57. The van der Waals surface area contributed by atoms with E-state index in [9.17, 15) is 18.0 Å². The molecule has 1 aliphatic carbocycles. The van der Waals surface area contributed by atoms with Crippen molar-refractivity contribution in [3.05, 3.63) is 59.4 Å². The van der Waals surface area contributed by atoms with Gasteiger partial charge in [-0.05, 0) is 68.5 Å². The van der Waals surface area contributed by atoms with Gasteiger partial charge in [-0.3, -0.25) is 9.20 Å². The largest absolute Gasteiger partial charge is 0.497 e. The highest BCUT2D eigenvalue weighted by Crippen LogP contribution is 2.31. The van der Waals surface area contributed by atoms with Gasteiger partial charge in [0.2, 0.25) is 0 Å². The Morgan fingerprint density at radius 3 is 2.34 bits per heavy atom. The molecule has 0 saturated heterocycles. The van der Waals surface area contributed by atoms with Gasteiger partial charge in [0, 0.05) is 23.8 Å². The zero-order valence-electron chi connectivity index (χ0n) is 17.9. The topological polar surface area (TPSA) is 67.7 Å². The van der Waals surface area contributed by atoms with Crippen molar-refractivity contribution in [2.45, 2.75) is 50.9 Å². The molecule has 1 fully saturated rings. The summed E-state index contributed by atoms with van der Waals surface area (Å²) in [5.74, 6) is 1.15. The molecule has 2 aromatic heterocycles. The van der Waals surface area contributed by atoms with Crippen molar-refractivity contribution in [3.8, 4) is 5.75 Å². The quantitative estimate of drug-likeness (QED) is 0.590. The van der Waals surface area contributed by atoms with Crippen LogP contribution >= 0.6 is 0 Å². The number of anilines is 1. The highest BCUT2D eigenvalue weighted by atomic mass is 19.4. The van der Waals surface area contributed by atoms with E-state index in [0.717, 1.165) is 31.9 Å². The fourth-order valence-electron chi connectivity index (χ4n) is 4.06. The van der Waals surface area contributed by atoms with Crippen molar-refractivity contribution < 1.29 is 22.7 Å². The minimum Gasteiger partial charge on any atom is -0.497 e. The molecular formula is C23H25F3N4O2. The van der Waals surface area contributed by atoms with Crippen LogP contribution in [0.3, 0.4) is 0 Å². The van der Waals surface area contributed by atoms with Gasteiger partial charge < -0.3 is 15.4 Å². The number of halogens is 3. The number of rotatable bonds is 5. The Morgan fingerprint density at radius 2 is 1.72 bits per heavy atom. The van der Waals surface area contributed by atoms with Crippen molar-refractivity contribution in [2.75, 3.05) is 12.4 Å². The predicted octanol–water partition coefficient (Wildman–Crippen LogP) is 4.82. The molecule has 1 amide bonds. The summed E-state index contributed by atoms with van der Waals surface area (Å²) in [6, 6.07) is 10.7. The third-order valence-electron chi connectivity index (χ3n) is 5.87. The zero-order valence-corrected chi connectivity index (χ0v) is 17.9. The molecule has 0 radical (unpaired) electrons. The lowest BCUT2D eigenvalue weighted by molar-refractivity contribution is -0.140. The molecule has 0 aliphatic heterocycles.